The van der Waals surface area contributed by atoms with Crippen LogP contribution in [-0.2, 0) is 0 Å². The molecule has 0 saturated carbocycles. The summed E-state index contributed by atoms with van der Waals surface area (Å²) in [7, 11) is 0. The van der Waals surface area contributed by atoms with Gasteiger partial charge in [0.1, 0.15) is 28.0 Å². The third-order valence-electron chi connectivity index (χ3n) is 6.52. The van der Waals surface area contributed by atoms with E-state index in [9.17, 15) is 0 Å². The van der Waals surface area contributed by atoms with Gasteiger partial charge in [0.25, 0.3) is 6.71 Å². The summed E-state index contributed by atoms with van der Waals surface area (Å²) in [6.07, 6.45) is 0. The zero-order valence-electron chi connectivity index (χ0n) is 18.9. The first-order valence-electron chi connectivity index (χ1n) is 11.5. The van der Waals surface area contributed by atoms with Crippen LogP contribution < -0.4 is 25.9 Å². The number of hydrogen-bond donors (Lipinski definition) is 0. The minimum atomic E-state index is -0.0504. The zero-order chi connectivity index (χ0) is 22.9. The molecule has 0 unspecified atom stereocenters. The second kappa shape index (κ2) is 7.24. The Morgan fingerprint density at radius 3 is 2.00 bits per heavy atom. The zero-order valence-corrected chi connectivity index (χ0v) is 19.7. The lowest BCUT2D eigenvalue weighted by Crippen LogP contribution is -2.57. The van der Waals surface area contributed by atoms with Crippen molar-refractivity contribution in [2.24, 2.45) is 4.99 Å². The van der Waals surface area contributed by atoms with E-state index in [0.29, 0.717) is 0 Å². The predicted octanol–water partition coefficient (Wildman–Crippen LogP) is 4.75. The molecule has 34 heavy (non-hydrogen) atoms. The van der Waals surface area contributed by atoms with Crippen molar-refractivity contribution in [2.75, 3.05) is 5.75 Å². The van der Waals surface area contributed by atoms with Crippen LogP contribution in [0.2, 0.25) is 0 Å². The predicted molar refractivity (Wildman–Crippen MR) is 140 cm³/mol. The van der Waals surface area contributed by atoms with Crippen LogP contribution in [0.25, 0.3) is 11.3 Å². The van der Waals surface area contributed by atoms with Gasteiger partial charge in [-0.05, 0) is 61.2 Å². The fourth-order valence-corrected chi connectivity index (χ4v) is 6.10. The van der Waals surface area contributed by atoms with E-state index >= 15 is 0 Å². The maximum absolute atomic E-state index is 6.42. The van der Waals surface area contributed by atoms with Crippen LogP contribution in [0, 0.1) is 0 Å². The molecule has 6 heteroatoms. The van der Waals surface area contributed by atoms with Gasteiger partial charge in [0.15, 0.2) is 0 Å². The van der Waals surface area contributed by atoms with E-state index in [1.807, 2.05) is 42.5 Å². The molecule has 4 heterocycles. The number of rotatable bonds is 2. The average Bonchev–Trinajstić information content (AvgIpc) is 3.23. The molecule has 4 nitrogen and oxygen atoms in total. The van der Waals surface area contributed by atoms with Crippen LogP contribution in [-0.4, -0.2) is 28.0 Å². The Balaban J connectivity index is 1.38. The maximum Gasteiger partial charge on any atom is 0.260 e. The van der Waals surface area contributed by atoms with E-state index in [1.54, 1.807) is 11.8 Å². The van der Waals surface area contributed by atoms with Crippen molar-refractivity contribution in [3.63, 3.8) is 0 Å². The number of nitrogens with zero attached hydrogens (tertiary/aromatic N) is 2. The molecule has 0 amide bonds. The van der Waals surface area contributed by atoms with Crippen LogP contribution in [0.5, 0.6) is 23.0 Å². The van der Waals surface area contributed by atoms with Crippen molar-refractivity contribution in [3.8, 4) is 34.3 Å². The van der Waals surface area contributed by atoms with E-state index in [-0.39, 0.29) is 12.3 Å². The summed E-state index contributed by atoms with van der Waals surface area (Å²) in [6.45, 7) is 4.40. The fraction of sp³-hybridized carbons (Fsp3) is 0.143. The first-order valence-corrected chi connectivity index (χ1v) is 12.5. The lowest BCUT2D eigenvalue weighted by Gasteiger charge is -2.33. The first-order chi connectivity index (χ1) is 16.6. The number of para-hydroxylation sites is 2. The van der Waals surface area contributed by atoms with Crippen molar-refractivity contribution in [3.05, 3.63) is 84.6 Å². The molecular formula is C28H21BN2O2S. The van der Waals surface area contributed by atoms with Crippen LogP contribution in [0.4, 0.5) is 0 Å². The molecule has 0 aliphatic carbocycles. The Labute approximate surface area is 203 Å². The topological polar surface area (TPSA) is 43.7 Å². The Morgan fingerprint density at radius 1 is 0.765 bits per heavy atom. The monoisotopic (exact) mass is 460 g/mol. The second-order valence-electron chi connectivity index (χ2n) is 9.53. The third-order valence-corrected chi connectivity index (χ3v) is 7.95. The summed E-state index contributed by atoms with van der Waals surface area (Å²) in [6, 6.07) is 26.9. The van der Waals surface area contributed by atoms with Crippen LogP contribution in [0.3, 0.4) is 0 Å². The molecule has 0 spiro atoms. The molecule has 0 radical (unpaired) electrons. The van der Waals surface area contributed by atoms with E-state index in [1.165, 1.54) is 10.9 Å². The highest BCUT2D eigenvalue weighted by Crippen LogP contribution is 2.38. The standard InChI is InChI=1S/C28H21BN2O2S/c1-28(2)16-34-27(31-28)21-11-7-10-20(30-21)17-14-24-26-25(15-17)33-23-13-6-4-9-19(23)29(26)18-8-3-5-12-22(18)32-24/h3-15H,16H2,1-2H3. The summed E-state index contributed by atoms with van der Waals surface area (Å²) in [5.41, 5.74) is 6.12. The van der Waals surface area contributed by atoms with Gasteiger partial charge in [-0.15, -0.1) is 11.8 Å². The smallest absolute Gasteiger partial charge is 0.260 e. The van der Waals surface area contributed by atoms with Gasteiger partial charge in [-0.25, -0.2) is 4.98 Å². The molecule has 3 aliphatic heterocycles. The lowest BCUT2D eigenvalue weighted by molar-refractivity contribution is 0.465. The molecule has 0 saturated heterocycles. The fourth-order valence-electron chi connectivity index (χ4n) is 4.97. The molecule has 3 aliphatic rings. The maximum atomic E-state index is 6.42. The normalized spacial score (nSPS) is 16.5. The minimum Gasteiger partial charge on any atom is -0.458 e. The summed E-state index contributed by atoms with van der Waals surface area (Å²) >= 11 is 1.77. The second-order valence-corrected chi connectivity index (χ2v) is 10.5. The molecule has 4 aromatic rings. The lowest BCUT2D eigenvalue weighted by atomic mass is 9.35. The minimum absolute atomic E-state index is 0.0504. The summed E-state index contributed by atoms with van der Waals surface area (Å²) in [4.78, 5) is 9.84. The van der Waals surface area contributed by atoms with Gasteiger partial charge in [-0.1, -0.05) is 42.5 Å². The van der Waals surface area contributed by atoms with Crippen molar-refractivity contribution in [2.45, 2.75) is 19.4 Å². The van der Waals surface area contributed by atoms with Gasteiger partial charge in [0, 0.05) is 16.8 Å². The highest BCUT2D eigenvalue weighted by atomic mass is 32.2. The third kappa shape index (κ3) is 3.09. The van der Waals surface area contributed by atoms with Gasteiger partial charge in [-0.3, -0.25) is 4.99 Å². The largest absolute Gasteiger partial charge is 0.458 e. The van der Waals surface area contributed by atoms with Gasteiger partial charge in [0.2, 0.25) is 0 Å². The summed E-state index contributed by atoms with van der Waals surface area (Å²) < 4.78 is 12.8. The Kier molecular flexibility index (Phi) is 4.24. The van der Waals surface area contributed by atoms with Gasteiger partial charge < -0.3 is 9.47 Å². The summed E-state index contributed by atoms with van der Waals surface area (Å²) in [5.74, 6) is 4.40. The van der Waals surface area contributed by atoms with Crippen LogP contribution in [0.1, 0.15) is 19.5 Å². The molecule has 3 aromatic carbocycles. The van der Waals surface area contributed by atoms with Crippen molar-refractivity contribution < 1.29 is 9.47 Å². The molecule has 0 fully saturated rings. The van der Waals surface area contributed by atoms with E-state index in [2.05, 4.69) is 50.2 Å². The van der Waals surface area contributed by atoms with E-state index in [0.717, 1.165) is 56.2 Å². The summed E-state index contributed by atoms with van der Waals surface area (Å²) in [5, 5.41) is 1.00. The van der Waals surface area contributed by atoms with Gasteiger partial charge in [-0.2, -0.15) is 0 Å². The number of aliphatic imine (C=N–C) groups is 1. The molecule has 0 N–H and O–H groups in total. The van der Waals surface area contributed by atoms with Gasteiger partial charge in [0.05, 0.1) is 16.9 Å². The number of aromatic nitrogens is 1. The van der Waals surface area contributed by atoms with Gasteiger partial charge >= 0.3 is 0 Å². The molecule has 164 valence electrons. The molecular weight excluding hydrogens is 439 g/mol. The molecule has 7 rings (SSSR count). The molecule has 1 aromatic heterocycles. The highest BCUT2D eigenvalue weighted by Gasteiger charge is 2.40. The SMILES string of the molecule is CC1(C)CSC(c2cccc(-c3cc4c5c(c3)Oc3ccccc3B5c3ccccc3O4)n2)=N1. The van der Waals surface area contributed by atoms with Crippen LogP contribution >= 0.6 is 11.8 Å². The quantitative estimate of drug-likeness (QED) is 0.350. The first kappa shape index (κ1) is 19.9. The molecule has 0 bridgehead atoms. The highest BCUT2D eigenvalue weighted by molar-refractivity contribution is 8.14. The molecule has 0 atom stereocenters. The van der Waals surface area contributed by atoms with Crippen molar-refractivity contribution >= 4 is 39.9 Å². The van der Waals surface area contributed by atoms with Crippen LogP contribution in [0.15, 0.2) is 83.9 Å². The number of ether oxygens (including phenoxy) is 2. The Bertz CT molecular complexity index is 1440. The number of pyridine rings is 1. The number of benzene rings is 3. The van der Waals surface area contributed by atoms with E-state index < -0.39 is 0 Å². The Hall–Kier alpha value is -3.51. The number of thioether (sulfide) groups is 1. The van der Waals surface area contributed by atoms with Crippen molar-refractivity contribution in [1.82, 2.24) is 4.98 Å². The number of hydrogen-bond acceptors (Lipinski definition) is 5. The Morgan fingerprint density at radius 2 is 1.38 bits per heavy atom. The average molecular weight is 460 g/mol. The van der Waals surface area contributed by atoms with Crippen molar-refractivity contribution in [1.29, 1.82) is 0 Å². The van der Waals surface area contributed by atoms with E-state index in [4.69, 9.17) is 19.5 Å². The number of fused-ring (bicyclic) bond motifs is 4.